The molecule has 144 valence electrons. The molecule has 0 aliphatic rings. The van der Waals surface area contributed by atoms with Crippen molar-refractivity contribution < 1.29 is 13.9 Å². The number of aryl methyl sites for hydroxylation is 1. The molecule has 1 amide bonds. The van der Waals surface area contributed by atoms with Crippen molar-refractivity contribution in [2.24, 2.45) is 0 Å². The summed E-state index contributed by atoms with van der Waals surface area (Å²) in [5, 5.41) is 12.5. The molecule has 0 aliphatic heterocycles. The van der Waals surface area contributed by atoms with Crippen LogP contribution >= 0.6 is 0 Å². The number of ether oxygens (including phenoxy) is 1. The molecule has 6 nitrogen and oxygen atoms in total. The summed E-state index contributed by atoms with van der Waals surface area (Å²) in [5.74, 6) is 1.20. The Morgan fingerprint density at radius 3 is 2.39 bits per heavy atom. The minimum atomic E-state index is -0.341. The maximum atomic E-state index is 12.9. The third kappa shape index (κ3) is 3.94. The number of rotatable bonds is 6. The van der Waals surface area contributed by atoms with Crippen LogP contribution in [0.15, 0.2) is 53.2 Å². The van der Waals surface area contributed by atoms with E-state index in [9.17, 15) is 10.1 Å². The van der Waals surface area contributed by atoms with Crippen LogP contribution in [0.5, 0.6) is 5.75 Å². The average molecular weight is 377 g/mol. The Hall–Kier alpha value is -3.46. The van der Waals surface area contributed by atoms with Gasteiger partial charge in [0.15, 0.2) is 0 Å². The van der Waals surface area contributed by atoms with Crippen molar-refractivity contribution in [3.05, 3.63) is 71.2 Å². The first-order valence-corrected chi connectivity index (χ1v) is 9.15. The van der Waals surface area contributed by atoms with Gasteiger partial charge in [-0.1, -0.05) is 12.1 Å². The van der Waals surface area contributed by atoms with Crippen molar-refractivity contribution in [3.63, 3.8) is 0 Å². The number of hydrogen-bond acceptors (Lipinski definition) is 4. The third-order valence-electron chi connectivity index (χ3n) is 4.34. The molecule has 0 fully saturated rings. The highest BCUT2D eigenvalue weighted by molar-refractivity contribution is 5.98. The molecule has 2 heterocycles. The topological polar surface area (TPSA) is 80.2 Å². The lowest BCUT2D eigenvalue weighted by molar-refractivity contribution is 0.0938. The minimum absolute atomic E-state index is 0.103. The molecule has 3 aromatic rings. The Kier molecular flexibility index (Phi) is 5.55. The molecule has 1 aromatic carbocycles. The monoisotopic (exact) mass is 377 g/mol. The normalized spacial score (nSPS) is 11.9. The van der Waals surface area contributed by atoms with Crippen LogP contribution in [0.4, 0.5) is 0 Å². The molecule has 0 saturated carbocycles. The fraction of sp³-hybridized carbons (Fsp3) is 0.273. The van der Waals surface area contributed by atoms with Crippen LogP contribution in [0.3, 0.4) is 0 Å². The Balaban J connectivity index is 1.80. The molecule has 1 atom stereocenters. The van der Waals surface area contributed by atoms with E-state index in [1.165, 1.54) is 0 Å². The number of amides is 1. The molecule has 2 aromatic heterocycles. The Labute approximate surface area is 164 Å². The molecule has 28 heavy (non-hydrogen) atoms. The number of benzene rings is 1. The smallest absolute Gasteiger partial charge is 0.256 e. The van der Waals surface area contributed by atoms with Crippen LogP contribution in [-0.4, -0.2) is 16.6 Å². The first-order chi connectivity index (χ1) is 13.4. The Morgan fingerprint density at radius 1 is 1.18 bits per heavy atom. The van der Waals surface area contributed by atoms with Crippen molar-refractivity contribution in [3.8, 4) is 17.7 Å². The van der Waals surface area contributed by atoms with Crippen LogP contribution in [0.2, 0.25) is 0 Å². The Morgan fingerprint density at radius 2 is 1.82 bits per heavy atom. The molecule has 0 bridgehead atoms. The van der Waals surface area contributed by atoms with Crippen LogP contribution in [0.1, 0.15) is 54.1 Å². The minimum Gasteiger partial charge on any atom is -0.491 e. The molecule has 0 aliphatic carbocycles. The molecular formula is C22H23N3O3. The summed E-state index contributed by atoms with van der Waals surface area (Å²) in [5.41, 5.74) is 1.42. The maximum absolute atomic E-state index is 12.9. The highest BCUT2D eigenvalue weighted by atomic mass is 16.5. The Bertz CT molecular complexity index is 993. The van der Waals surface area contributed by atoms with Crippen LogP contribution in [0.25, 0.3) is 5.88 Å². The number of hydrogen-bond donors (Lipinski definition) is 1. The van der Waals surface area contributed by atoms with Gasteiger partial charge in [0.05, 0.1) is 12.1 Å². The summed E-state index contributed by atoms with van der Waals surface area (Å²) in [4.78, 5) is 12.9. The zero-order valence-electron chi connectivity index (χ0n) is 16.4. The van der Waals surface area contributed by atoms with Crippen LogP contribution in [-0.2, 0) is 0 Å². The predicted octanol–water partition coefficient (Wildman–Crippen LogP) is 4.53. The molecule has 1 N–H and O–H groups in total. The molecular weight excluding hydrogens is 354 g/mol. The van der Waals surface area contributed by atoms with Gasteiger partial charge in [0.2, 0.25) is 5.88 Å². The van der Waals surface area contributed by atoms with Gasteiger partial charge in [-0.2, -0.15) is 5.26 Å². The zero-order valence-corrected chi connectivity index (χ0v) is 16.4. The molecule has 3 rings (SSSR count). The number of nitrogens with one attached hydrogen (secondary N) is 1. The quantitative estimate of drug-likeness (QED) is 0.684. The lowest BCUT2D eigenvalue weighted by atomic mass is 10.1. The largest absolute Gasteiger partial charge is 0.491 e. The number of nitrogens with zero attached hydrogens (tertiary/aromatic N) is 2. The van der Waals surface area contributed by atoms with Crippen molar-refractivity contribution in [1.82, 2.24) is 9.88 Å². The second-order valence-corrected chi connectivity index (χ2v) is 6.85. The van der Waals surface area contributed by atoms with E-state index in [1.807, 2.05) is 57.2 Å². The van der Waals surface area contributed by atoms with E-state index in [2.05, 4.69) is 11.4 Å². The highest BCUT2D eigenvalue weighted by Crippen LogP contribution is 2.26. The van der Waals surface area contributed by atoms with Gasteiger partial charge in [-0.15, -0.1) is 0 Å². The van der Waals surface area contributed by atoms with E-state index < -0.39 is 0 Å². The van der Waals surface area contributed by atoms with Crippen molar-refractivity contribution in [2.75, 3.05) is 0 Å². The second kappa shape index (κ2) is 8.05. The standard InChI is InChI=1S/C22H23N3O3/c1-14(2)27-18-9-7-17(8-10-18)15(3)24-21(26)20-16(4)28-22(19(20)13-23)25-11-5-6-12-25/h5-12,14-15H,1-4H3,(H,24,26). The SMILES string of the molecule is Cc1oc(-n2cccc2)c(C#N)c1C(=O)NC(C)c1ccc(OC(C)C)cc1. The lowest BCUT2D eigenvalue weighted by Gasteiger charge is -2.15. The zero-order chi connectivity index (χ0) is 20.3. The molecule has 0 saturated heterocycles. The van der Waals surface area contributed by atoms with Crippen molar-refractivity contribution in [1.29, 1.82) is 5.26 Å². The van der Waals surface area contributed by atoms with Crippen LogP contribution < -0.4 is 10.1 Å². The first kappa shape index (κ1) is 19.3. The highest BCUT2D eigenvalue weighted by Gasteiger charge is 2.25. The summed E-state index contributed by atoms with van der Waals surface area (Å²) in [6.07, 6.45) is 3.64. The van der Waals surface area contributed by atoms with E-state index in [4.69, 9.17) is 9.15 Å². The fourth-order valence-corrected chi connectivity index (χ4v) is 3.02. The summed E-state index contributed by atoms with van der Waals surface area (Å²) in [6, 6.07) is 13.1. The van der Waals surface area contributed by atoms with E-state index >= 15 is 0 Å². The molecule has 0 spiro atoms. The van der Waals surface area contributed by atoms with E-state index in [0.29, 0.717) is 11.6 Å². The van der Waals surface area contributed by atoms with E-state index in [1.54, 1.807) is 23.9 Å². The van der Waals surface area contributed by atoms with Gasteiger partial charge in [-0.25, -0.2) is 0 Å². The van der Waals surface area contributed by atoms with Gasteiger partial charge in [0.25, 0.3) is 5.91 Å². The average Bonchev–Trinajstić information content (AvgIpc) is 3.28. The number of aromatic nitrogens is 1. The second-order valence-electron chi connectivity index (χ2n) is 6.85. The summed E-state index contributed by atoms with van der Waals surface area (Å²) < 4.78 is 13.0. The maximum Gasteiger partial charge on any atom is 0.256 e. The number of nitriles is 1. The predicted molar refractivity (Wildman–Crippen MR) is 106 cm³/mol. The van der Waals surface area contributed by atoms with Crippen molar-refractivity contribution in [2.45, 2.75) is 39.8 Å². The van der Waals surface area contributed by atoms with Gasteiger partial charge in [-0.3, -0.25) is 9.36 Å². The van der Waals surface area contributed by atoms with Gasteiger partial charge in [0, 0.05) is 12.4 Å². The van der Waals surface area contributed by atoms with Gasteiger partial charge in [-0.05, 0) is 57.5 Å². The summed E-state index contributed by atoms with van der Waals surface area (Å²) in [7, 11) is 0. The summed E-state index contributed by atoms with van der Waals surface area (Å²) in [6.45, 7) is 7.52. The fourth-order valence-electron chi connectivity index (χ4n) is 3.02. The number of carbonyl (C=O) groups is 1. The molecule has 6 heteroatoms. The summed E-state index contributed by atoms with van der Waals surface area (Å²) >= 11 is 0. The van der Waals surface area contributed by atoms with Gasteiger partial charge < -0.3 is 14.5 Å². The van der Waals surface area contributed by atoms with E-state index in [0.717, 1.165) is 11.3 Å². The van der Waals surface area contributed by atoms with Gasteiger partial charge >= 0.3 is 0 Å². The first-order valence-electron chi connectivity index (χ1n) is 9.15. The van der Waals surface area contributed by atoms with Crippen molar-refractivity contribution >= 4 is 5.91 Å². The third-order valence-corrected chi connectivity index (χ3v) is 4.34. The van der Waals surface area contributed by atoms with Gasteiger partial charge in [0.1, 0.15) is 28.7 Å². The molecule has 1 unspecified atom stereocenters. The van der Waals surface area contributed by atoms with E-state index in [-0.39, 0.29) is 29.2 Å². The number of furan rings is 1. The number of carbonyl (C=O) groups excluding carboxylic acids is 1. The van der Waals surface area contributed by atoms with Crippen LogP contribution in [0, 0.1) is 18.3 Å². The lowest BCUT2D eigenvalue weighted by Crippen LogP contribution is -2.27. The molecule has 0 radical (unpaired) electrons.